The van der Waals surface area contributed by atoms with Gasteiger partial charge in [-0.1, -0.05) is 19.1 Å². The van der Waals surface area contributed by atoms with Crippen molar-refractivity contribution in [1.82, 2.24) is 0 Å². The minimum Gasteiger partial charge on any atom is -0.374 e. The van der Waals surface area contributed by atoms with E-state index >= 15 is 0 Å². The third kappa shape index (κ3) is 2.90. The number of nitrogens with one attached hydrogen (secondary N) is 1. The van der Waals surface area contributed by atoms with Gasteiger partial charge in [-0.05, 0) is 46.5 Å². The van der Waals surface area contributed by atoms with Crippen LogP contribution in [0.2, 0.25) is 0 Å². The van der Waals surface area contributed by atoms with Gasteiger partial charge in [0.2, 0.25) is 5.91 Å². The number of hydrogen-bond donors (Lipinski definition) is 2. The van der Waals surface area contributed by atoms with Gasteiger partial charge in [-0.25, -0.2) is 0 Å². The Hall–Kier alpha value is -1.81. The Labute approximate surface area is 111 Å². The summed E-state index contributed by atoms with van der Waals surface area (Å²) < 4.78 is 0. The highest BCUT2D eigenvalue weighted by atomic mass is 32.1. The molecule has 3 nitrogen and oxygen atoms in total. The summed E-state index contributed by atoms with van der Waals surface area (Å²) in [5.41, 5.74) is 8.58. The van der Waals surface area contributed by atoms with Crippen LogP contribution in [0.5, 0.6) is 0 Å². The molecule has 0 aliphatic carbocycles. The summed E-state index contributed by atoms with van der Waals surface area (Å²) in [6.07, 6.45) is 0.679. The van der Waals surface area contributed by atoms with Crippen molar-refractivity contribution in [2.75, 3.05) is 5.32 Å². The highest BCUT2D eigenvalue weighted by Crippen LogP contribution is 2.25. The van der Waals surface area contributed by atoms with Crippen LogP contribution in [0, 0.1) is 0 Å². The average Bonchev–Trinajstić information content (AvgIpc) is 2.90. The molecule has 1 aromatic carbocycles. The number of thiophene rings is 1. The van der Waals surface area contributed by atoms with Crippen LogP contribution < -0.4 is 11.1 Å². The SMILES string of the molecule is CCC(Nc1cccc(-c2ccsc2)c1)C(N)=O. The van der Waals surface area contributed by atoms with Crippen LogP contribution in [-0.4, -0.2) is 11.9 Å². The van der Waals surface area contributed by atoms with Gasteiger partial charge in [0, 0.05) is 5.69 Å². The summed E-state index contributed by atoms with van der Waals surface area (Å²) in [5, 5.41) is 7.31. The lowest BCUT2D eigenvalue weighted by atomic mass is 10.1. The van der Waals surface area contributed by atoms with Gasteiger partial charge in [0.25, 0.3) is 0 Å². The van der Waals surface area contributed by atoms with Gasteiger partial charge in [-0.2, -0.15) is 11.3 Å². The molecule has 18 heavy (non-hydrogen) atoms. The molecule has 94 valence electrons. The monoisotopic (exact) mass is 260 g/mol. The molecule has 4 heteroatoms. The summed E-state index contributed by atoms with van der Waals surface area (Å²) in [7, 11) is 0. The molecule has 0 radical (unpaired) electrons. The molecule has 0 saturated heterocycles. The Morgan fingerprint density at radius 3 is 2.83 bits per heavy atom. The van der Waals surface area contributed by atoms with E-state index in [9.17, 15) is 4.79 Å². The molecule has 1 aromatic heterocycles. The number of hydrogen-bond acceptors (Lipinski definition) is 3. The molecule has 3 N–H and O–H groups in total. The standard InChI is InChI=1S/C14H16N2OS/c1-2-13(14(15)17)16-12-5-3-4-10(8-12)11-6-7-18-9-11/h3-9,13,16H,2H2,1H3,(H2,15,17). The first kappa shape index (κ1) is 12.6. The third-order valence-corrected chi connectivity index (χ3v) is 3.49. The topological polar surface area (TPSA) is 55.1 Å². The number of carbonyl (C=O) groups excluding carboxylic acids is 1. The Balaban J connectivity index is 2.20. The zero-order valence-corrected chi connectivity index (χ0v) is 11.0. The van der Waals surface area contributed by atoms with E-state index in [1.807, 2.05) is 30.5 Å². The molecule has 0 aliphatic rings. The molecule has 2 aromatic rings. The highest BCUT2D eigenvalue weighted by Gasteiger charge is 2.12. The molecule has 0 spiro atoms. The lowest BCUT2D eigenvalue weighted by Gasteiger charge is -2.15. The number of rotatable bonds is 5. The second-order valence-corrected chi connectivity index (χ2v) is 4.88. The molecule has 1 heterocycles. The van der Waals surface area contributed by atoms with Crippen molar-refractivity contribution in [1.29, 1.82) is 0 Å². The van der Waals surface area contributed by atoms with Crippen molar-refractivity contribution in [2.45, 2.75) is 19.4 Å². The third-order valence-electron chi connectivity index (χ3n) is 2.81. The Morgan fingerprint density at radius 2 is 2.22 bits per heavy atom. The van der Waals surface area contributed by atoms with Crippen LogP contribution in [0.4, 0.5) is 5.69 Å². The first-order chi connectivity index (χ1) is 8.70. The van der Waals surface area contributed by atoms with Crippen LogP contribution in [-0.2, 0) is 4.79 Å². The van der Waals surface area contributed by atoms with E-state index in [2.05, 4.69) is 22.8 Å². The van der Waals surface area contributed by atoms with E-state index in [4.69, 9.17) is 5.73 Å². The van der Waals surface area contributed by atoms with Gasteiger partial charge in [0.05, 0.1) is 0 Å². The molecule has 1 amide bonds. The predicted octanol–water partition coefficient (Wildman–Crippen LogP) is 3.09. The largest absolute Gasteiger partial charge is 0.374 e. The minimum atomic E-state index is -0.321. The van der Waals surface area contributed by atoms with Gasteiger partial charge >= 0.3 is 0 Å². The normalized spacial score (nSPS) is 12.1. The van der Waals surface area contributed by atoms with E-state index < -0.39 is 0 Å². The zero-order chi connectivity index (χ0) is 13.0. The highest BCUT2D eigenvalue weighted by molar-refractivity contribution is 7.08. The van der Waals surface area contributed by atoms with Crippen molar-refractivity contribution >= 4 is 22.9 Å². The van der Waals surface area contributed by atoms with E-state index in [1.165, 1.54) is 5.56 Å². The Morgan fingerprint density at radius 1 is 1.39 bits per heavy atom. The number of amides is 1. The van der Waals surface area contributed by atoms with Crippen LogP contribution in [0.1, 0.15) is 13.3 Å². The second-order valence-electron chi connectivity index (χ2n) is 4.10. The molecule has 0 aliphatic heterocycles. The first-order valence-corrected chi connectivity index (χ1v) is 6.83. The van der Waals surface area contributed by atoms with Gasteiger partial charge in [-0.3, -0.25) is 4.79 Å². The first-order valence-electron chi connectivity index (χ1n) is 5.89. The molecule has 0 saturated carbocycles. The summed E-state index contributed by atoms with van der Waals surface area (Å²) in [4.78, 5) is 11.2. The van der Waals surface area contributed by atoms with Crippen molar-refractivity contribution in [3.63, 3.8) is 0 Å². The average molecular weight is 260 g/mol. The molecular formula is C14H16N2OS. The molecular weight excluding hydrogens is 244 g/mol. The fraction of sp³-hybridized carbons (Fsp3) is 0.214. The van der Waals surface area contributed by atoms with Crippen LogP contribution in [0.3, 0.4) is 0 Å². The van der Waals surface area contributed by atoms with Crippen LogP contribution in [0.25, 0.3) is 11.1 Å². The maximum Gasteiger partial charge on any atom is 0.239 e. The number of anilines is 1. The van der Waals surface area contributed by atoms with Crippen molar-refractivity contribution in [3.05, 3.63) is 41.1 Å². The van der Waals surface area contributed by atoms with Gasteiger partial charge in [0.15, 0.2) is 0 Å². The Bertz CT molecular complexity index is 522. The quantitative estimate of drug-likeness (QED) is 0.868. The van der Waals surface area contributed by atoms with E-state index in [0.717, 1.165) is 11.3 Å². The van der Waals surface area contributed by atoms with Crippen molar-refractivity contribution < 1.29 is 4.79 Å². The van der Waals surface area contributed by atoms with Gasteiger partial charge in [0.1, 0.15) is 6.04 Å². The van der Waals surface area contributed by atoms with Crippen LogP contribution in [0.15, 0.2) is 41.1 Å². The minimum absolute atomic E-state index is 0.317. The summed E-state index contributed by atoms with van der Waals surface area (Å²) >= 11 is 1.67. The number of nitrogens with two attached hydrogens (primary N) is 1. The molecule has 1 atom stereocenters. The van der Waals surface area contributed by atoms with Crippen molar-refractivity contribution in [2.24, 2.45) is 5.73 Å². The number of carbonyl (C=O) groups is 1. The number of primary amides is 1. The molecule has 0 bridgehead atoms. The summed E-state index contributed by atoms with van der Waals surface area (Å²) in [6.45, 7) is 1.94. The maximum atomic E-state index is 11.2. The summed E-state index contributed by atoms with van der Waals surface area (Å²) in [6, 6.07) is 9.77. The Kier molecular flexibility index (Phi) is 3.99. The smallest absolute Gasteiger partial charge is 0.239 e. The zero-order valence-electron chi connectivity index (χ0n) is 10.2. The van der Waals surface area contributed by atoms with Crippen LogP contribution >= 0.6 is 11.3 Å². The molecule has 2 rings (SSSR count). The van der Waals surface area contributed by atoms with Gasteiger partial charge in [-0.15, -0.1) is 0 Å². The van der Waals surface area contributed by atoms with Gasteiger partial charge < -0.3 is 11.1 Å². The summed E-state index contributed by atoms with van der Waals surface area (Å²) in [5.74, 6) is -0.321. The van der Waals surface area contributed by atoms with E-state index in [1.54, 1.807) is 11.3 Å². The second kappa shape index (κ2) is 5.69. The number of benzene rings is 1. The van der Waals surface area contributed by atoms with E-state index in [0.29, 0.717) is 6.42 Å². The lowest BCUT2D eigenvalue weighted by Crippen LogP contribution is -2.34. The van der Waals surface area contributed by atoms with Crippen molar-refractivity contribution in [3.8, 4) is 11.1 Å². The maximum absolute atomic E-state index is 11.2. The fourth-order valence-electron chi connectivity index (χ4n) is 1.79. The lowest BCUT2D eigenvalue weighted by molar-refractivity contribution is -0.118. The molecule has 1 unspecified atom stereocenters. The predicted molar refractivity (Wildman–Crippen MR) is 76.7 cm³/mol. The fourth-order valence-corrected chi connectivity index (χ4v) is 2.46. The van der Waals surface area contributed by atoms with E-state index in [-0.39, 0.29) is 11.9 Å². The molecule has 0 fully saturated rings.